The number of aldehydes is 1. The van der Waals surface area contributed by atoms with Gasteiger partial charge in [-0.1, -0.05) is 0 Å². The normalized spacial score (nSPS) is 9.76. The van der Waals surface area contributed by atoms with Crippen LogP contribution in [0, 0.1) is 0 Å². The number of esters is 1. The lowest BCUT2D eigenvalue weighted by molar-refractivity contribution is 0.0601. The summed E-state index contributed by atoms with van der Waals surface area (Å²) in [6.45, 7) is 1.09. The summed E-state index contributed by atoms with van der Waals surface area (Å²) in [5.74, 6) is -0.478. The number of methoxy groups -OCH3 is 2. The van der Waals surface area contributed by atoms with Crippen LogP contribution in [0.1, 0.15) is 20.7 Å². The van der Waals surface area contributed by atoms with Crippen molar-refractivity contribution >= 4 is 17.9 Å². The largest absolute Gasteiger partial charge is 0.465 e. The first kappa shape index (κ1) is 13.2. The fourth-order valence-corrected chi connectivity index (χ4v) is 1.36. The second-order valence-electron chi connectivity index (χ2n) is 3.33. The topological polar surface area (TPSA) is 64.6 Å². The van der Waals surface area contributed by atoms with Crippen LogP contribution in [-0.2, 0) is 9.47 Å². The molecule has 1 rings (SSSR count). The number of rotatable bonds is 6. The Bertz CT molecular complexity index is 403. The van der Waals surface area contributed by atoms with Gasteiger partial charge in [-0.05, 0) is 18.2 Å². The summed E-state index contributed by atoms with van der Waals surface area (Å²) in [6, 6.07) is 4.80. The lowest BCUT2D eigenvalue weighted by atomic mass is 10.1. The molecule has 0 heterocycles. The van der Waals surface area contributed by atoms with Crippen molar-refractivity contribution < 1.29 is 19.1 Å². The standard InChI is InChI=1S/C12H15NO4/c1-16-6-5-13-11-4-3-9(8-14)7-10(11)12(15)17-2/h3-4,7-8,13H,5-6H2,1-2H3. The van der Waals surface area contributed by atoms with E-state index in [1.807, 2.05) is 0 Å². The number of nitrogens with one attached hydrogen (secondary N) is 1. The van der Waals surface area contributed by atoms with Gasteiger partial charge < -0.3 is 14.8 Å². The molecular weight excluding hydrogens is 222 g/mol. The Hall–Kier alpha value is -1.88. The highest BCUT2D eigenvalue weighted by Gasteiger charge is 2.12. The summed E-state index contributed by atoms with van der Waals surface area (Å²) in [5, 5.41) is 3.04. The van der Waals surface area contributed by atoms with E-state index in [1.165, 1.54) is 13.2 Å². The van der Waals surface area contributed by atoms with Gasteiger partial charge in [-0.3, -0.25) is 4.79 Å². The van der Waals surface area contributed by atoms with Crippen LogP contribution in [0.5, 0.6) is 0 Å². The molecule has 0 atom stereocenters. The van der Waals surface area contributed by atoms with Crippen molar-refractivity contribution in [3.05, 3.63) is 29.3 Å². The average molecular weight is 237 g/mol. The molecule has 0 aliphatic heterocycles. The highest BCUT2D eigenvalue weighted by Crippen LogP contribution is 2.17. The van der Waals surface area contributed by atoms with Gasteiger partial charge in [0.1, 0.15) is 6.29 Å². The summed E-state index contributed by atoms with van der Waals surface area (Å²) in [5.41, 5.74) is 1.40. The molecule has 1 aromatic rings. The predicted molar refractivity (Wildman–Crippen MR) is 63.5 cm³/mol. The van der Waals surface area contributed by atoms with Crippen molar-refractivity contribution in [1.29, 1.82) is 0 Å². The minimum absolute atomic E-state index is 0.341. The van der Waals surface area contributed by atoms with Crippen LogP contribution in [-0.4, -0.2) is 39.6 Å². The molecule has 0 bridgehead atoms. The van der Waals surface area contributed by atoms with E-state index in [4.69, 9.17) is 4.74 Å². The number of hydrogen-bond acceptors (Lipinski definition) is 5. The Labute approximate surface area is 99.7 Å². The molecule has 92 valence electrons. The van der Waals surface area contributed by atoms with Gasteiger partial charge in [0.15, 0.2) is 0 Å². The number of carbonyl (C=O) groups excluding carboxylic acids is 2. The van der Waals surface area contributed by atoms with E-state index in [9.17, 15) is 9.59 Å². The molecular formula is C12H15NO4. The molecule has 0 aromatic heterocycles. The van der Waals surface area contributed by atoms with Gasteiger partial charge in [0, 0.05) is 24.9 Å². The number of ether oxygens (including phenoxy) is 2. The van der Waals surface area contributed by atoms with Gasteiger partial charge in [-0.15, -0.1) is 0 Å². The van der Waals surface area contributed by atoms with Gasteiger partial charge >= 0.3 is 5.97 Å². The Morgan fingerprint density at radius 2 is 2.18 bits per heavy atom. The van der Waals surface area contributed by atoms with E-state index < -0.39 is 5.97 Å². The molecule has 5 nitrogen and oxygen atoms in total. The summed E-state index contributed by atoms with van der Waals surface area (Å²) in [6.07, 6.45) is 0.686. The Morgan fingerprint density at radius 1 is 1.41 bits per heavy atom. The minimum atomic E-state index is -0.478. The molecule has 0 unspecified atom stereocenters. The van der Waals surface area contributed by atoms with Crippen molar-refractivity contribution in [2.45, 2.75) is 0 Å². The molecule has 0 amide bonds. The number of anilines is 1. The van der Waals surface area contributed by atoms with Gasteiger partial charge in [0.05, 0.1) is 19.3 Å². The van der Waals surface area contributed by atoms with Crippen molar-refractivity contribution in [2.24, 2.45) is 0 Å². The van der Waals surface area contributed by atoms with E-state index in [2.05, 4.69) is 10.1 Å². The molecule has 1 aromatic carbocycles. The van der Waals surface area contributed by atoms with E-state index in [-0.39, 0.29) is 0 Å². The van der Waals surface area contributed by atoms with Crippen molar-refractivity contribution in [1.82, 2.24) is 0 Å². The van der Waals surface area contributed by atoms with Crippen LogP contribution < -0.4 is 5.32 Å². The van der Waals surface area contributed by atoms with Crippen LogP contribution >= 0.6 is 0 Å². The zero-order chi connectivity index (χ0) is 12.7. The molecule has 0 spiro atoms. The minimum Gasteiger partial charge on any atom is -0.465 e. The van der Waals surface area contributed by atoms with Crippen LogP contribution in [0.4, 0.5) is 5.69 Å². The second kappa shape index (κ2) is 6.65. The lowest BCUT2D eigenvalue weighted by Crippen LogP contribution is -2.12. The third-order valence-corrected chi connectivity index (χ3v) is 2.21. The van der Waals surface area contributed by atoms with Crippen LogP contribution in [0.15, 0.2) is 18.2 Å². The Kier molecular flexibility index (Phi) is 5.16. The Morgan fingerprint density at radius 3 is 2.76 bits per heavy atom. The quantitative estimate of drug-likeness (QED) is 0.459. The van der Waals surface area contributed by atoms with E-state index in [0.717, 1.165) is 0 Å². The molecule has 17 heavy (non-hydrogen) atoms. The van der Waals surface area contributed by atoms with Gasteiger partial charge in [-0.25, -0.2) is 4.79 Å². The average Bonchev–Trinajstić information content (AvgIpc) is 2.38. The SMILES string of the molecule is COCCNc1ccc(C=O)cc1C(=O)OC. The molecule has 1 N–H and O–H groups in total. The van der Waals surface area contributed by atoms with Crippen LogP contribution in [0.2, 0.25) is 0 Å². The third-order valence-electron chi connectivity index (χ3n) is 2.21. The van der Waals surface area contributed by atoms with E-state index in [0.29, 0.717) is 36.3 Å². The predicted octanol–water partition coefficient (Wildman–Crippen LogP) is 1.34. The molecule has 0 aliphatic rings. The maximum absolute atomic E-state index is 11.5. The van der Waals surface area contributed by atoms with Crippen molar-refractivity contribution in [2.75, 3.05) is 32.7 Å². The van der Waals surface area contributed by atoms with Crippen molar-refractivity contribution in [3.63, 3.8) is 0 Å². The lowest BCUT2D eigenvalue weighted by Gasteiger charge is -2.10. The Balaban J connectivity index is 2.93. The number of benzene rings is 1. The zero-order valence-corrected chi connectivity index (χ0v) is 9.86. The maximum Gasteiger partial charge on any atom is 0.339 e. The first-order valence-electron chi connectivity index (χ1n) is 5.13. The summed E-state index contributed by atoms with van der Waals surface area (Å²) in [7, 11) is 2.90. The van der Waals surface area contributed by atoms with Gasteiger partial charge in [-0.2, -0.15) is 0 Å². The third kappa shape index (κ3) is 3.57. The van der Waals surface area contributed by atoms with Crippen LogP contribution in [0.3, 0.4) is 0 Å². The first-order chi connectivity index (χ1) is 8.22. The number of hydrogen-bond donors (Lipinski definition) is 1. The van der Waals surface area contributed by atoms with Crippen molar-refractivity contribution in [3.8, 4) is 0 Å². The van der Waals surface area contributed by atoms with Crippen LogP contribution in [0.25, 0.3) is 0 Å². The maximum atomic E-state index is 11.5. The highest BCUT2D eigenvalue weighted by molar-refractivity contribution is 5.97. The van der Waals surface area contributed by atoms with Gasteiger partial charge in [0.25, 0.3) is 0 Å². The first-order valence-corrected chi connectivity index (χ1v) is 5.13. The molecule has 0 fully saturated rings. The van der Waals surface area contributed by atoms with E-state index >= 15 is 0 Å². The zero-order valence-electron chi connectivity index (χ0n) is 9.86. The fraction of sp³-hybridized carbons (Fsp3) is 0.333. The molecule has 5 heteroatoms. The molecule has 0 saturated carbocycles. The molecule has 0 radical (unpaired) electrons. The fourth-order valence-electron chi connectivity index (χ4n) is 1.36. The summed E-state index contributed by atoms with van der Waals surface area (Å²) >= 11 is 0. The summed E-state index contributed by atoms with van der Waals surface area (Å²) < 4.78 is 9.56. The van der Waals surface area contributed by atoms with Gasteiger partial charge in [0.2, 0.25) is 0 Å². The number of carbonyl (C=O) groups is 2. The second-order valence-corrected chi connectivity index (χ2v) is 3.33. The molecule has 0 saturated heterocycles. The molecule has 0 aliphatic carbocycles. The van der Waals surface area contributed by atoms with E-state index in [1.54, 1.807) is 19.2 Å². The smallest absolute Gasteiger partial charge is 0.339 e. The monoisotopic (exact) mass is 237 g/mol. The summed E-state index contributed by atoms with van der Waals surface area (Å²) in [4.78, 5) is 22.2. The highest BCUT2D eigenvalue weighted by atomic mass is 16.5.